The van der Waals surface area contributed by atoms with E-state index < -0.39 is 0 Å². The zero-order valence-corrected chi connectivity index (χ0v) is 13.7. The highest BCUT2D eigenvalue weighted by Gasteiger charge is 2.18. The van der Waals surface area contributed by atoms with E-state index >= 15 is 0 Å². The zero-order valence-electron chi connectivity index (χ0n) is 8.18. The van der Waals surface area contributed by atoms with Gasteiger partial charge in [-0.1, -0.05) is 45.2 Å². The monoisotopic (exact) mass is 416 g/mol. The van der Waals surface area contributed by atoms with Crippen LogP contribution in [0.15, 0.2) is 28.7 Å². The Morgan fingerprint density at radius 3 is 2.47 bits per heavy atom. The van der Waals surface area contributed by atoms with Crippen molar-refractivity contribution < 1.29 is 4.39 Å². The van der Waals surface area contributed by atoms with E-state index in [1.165, 1.54) is 17.4 Å². The third kappa shape index (κ3) is 3.04. The van der Waals surface area contributed by atoms with E-state index in [-0.39, 0.29) is 10.6 Å². The number of hydrogen-bond donors (Lipinski definition) is 0. The van der Waals surface area contributed by atoms with Crippen molar-refractivity contribution in [2.24, 2.45) is 0 Å². The molecule has 1 heterocycles. The lowest BCUT2D eigenvalue weighted by Gasteiger charge is -2.09. The minimum atomic E-state index is -0.333. The number of hydrogen-bond acceptors (Lipinski definition) is 1. The molecule has 1 aromatic heterocycles. The van der Waals surface area contributed by atoms with Crippen LogP contribution in [0, 0.1) is 5.82 Å². The lowest BCUT2D eigenvalue weighted by atomic mass is 10.1. The first-order valence-corrected chi connectivity index (χ1v) is 7.81. The summed E-state index contributed by atoms with van der Waals surface area (Å²) in [6.45, 7) is 0. The second-order valence-electron chi connectivity index (χ2n) is 3.30. The molecule has 0 aliphatic rings. The molecule has 0 amide bonds. The quantitative estimate of drug-likeness (QED) is 0.492. The van der Waals surface area contributed by atoms with Gasteiger partial charge >= 0.3 is 0 Å². The van der Waals surface area contributed by atoms with Crippen molar-refractivity contribution >= 4 is 66.4 Å². The standard InChI is InChI=1S/C11H5Br2Cl2FS/c12-7-4-9(17-11(7)15)10(13)6-2-1-5(14)3-8(6)16/h1-4,10H. The smallest absolute Gasteiger partial charge is 0.129 e. The molecule has 0 saturated carbocycles. The molecule has 2 aromatic rings. The summed E-state index contributed by atoms with van der Waals surface area (Å²) in [6, 6.07) is 6.51. The molecule has 1 atom stereocenters. The van der Waals surface area contributed by atoms with Crippen LogP contribution in [0.25, 0.3) is 0 Å². The van der Waals surface area contributed by atoms with Crippen LogP contribution >= 0.6 is 66.4 Å². The molecule has 0 N–H and O–H groups in total. The molecule has 0 saturated heterocycles. The predicted octanol–water partition coefficient (Wildman–Crippen LogP) is 6.44. The number of halogens is 5. The van der Waals surface area contributed by atoms with Crippen molar-refractivity contribution in [3.8, 4) is 0 Å². The van der Waals surface area contributed by atoms with Gasteiger partial charge in [0, 0.05) is 19.9 Å². The van der Waals surface area contributed by atoms with E-state index in [0.717, 1.165) is 9.35 Å². The molecule has 0 fully saturated rings. The lowest BCUT2D eigenvalue weighted by Crippen LogP contribution is -1.94. The van der Waals surface area contributed by atoms with E-state index in [0.29, 0.717) is 14.9 Å². The molecule has 1 aromatic carbocycles. The first-order chi connectivity index (χ1) is 7.99. The number of benzene rings is 1. The largest absolute Gasteiger partial charge is 0.207 e. The van der Waals surface area contributed by atoms with E-state index in [4.69, 9.17) is 23.2 Å². The zero-order chi connectivity index (χ0) is 12.6. The molecular formula is C11H5Br2Cl2FS. The molecule has 0 bridgehead atoms. The topological polar surface area (TPSA) is 0 Å². The molecule has 0 aliphatic heterocycles. The van der Waals surface area contributed by atoms with Crippen LogP contribution in [-0.2, 0) is 0 Å². The number of rotatable bonds is 2. The Balaban J connectivity index is 2.39. The van der Waals surface area contributed by atoms with E-state index in [1.54, 1.807) is 12.1 Å². The SMILES string of the molecule is Fc1cc(Cl)ccc1C(Br)c1cc(Br)c(Cl)s1. The van der Waals surface area contributed by atoms with Crippen LogP contribution in [0.5, 0.6) is 0 Å². The van der Waals surface area contributed by atoms with Crippen molar-refractivity contribution in [2.75, 3.05) is 0 Å². The van der Waals surface area contributed by atoms with Gasteiger partial charge in [0.15, 0.2) is 0 Å². The summed E-state index contributed by atoms with van der Waals surface area (Å²) in [6.07, 6.45) is 0. The lowest BCUT2D eigenvalue weighted by molar-refractivity contribution is 0.614. The Kier molecular flexibility index (Phi) is 4.53. The maximum atomic E-state index is 13.7. The fourth-order valence-electron chi connectivity index (χ4n) is 1.35. The average Bonchev–Trinajstić information content (AvgIpc) is 2.58. The van der Waals surface area contributed by atoms with Crippen molar-refractivity contribution in [1.29, 1.82) is 0 Å². The molecule has 1 unspecified atom stereocenters. The van der Waals surface area contributed by atoms with Crippen LogP contribution in [0.2, 0.25) is 9.36 Å². The normalized spacial score (nSPS) is 12.8. The average molecular weight is 419 g/mol. The summed E-state index contributed by atoms with van der Waals surface area (Å²) in [5, 5.41) is 0.386. The Labute approximate surface area is 129 Å². The molecular weight excluding hydrogens is 414 g/mol. The molecule has 2 rings (SSSR count). The van der Waals surface area contributed by atoms with Crippen molar-refractivity contribution in [1.82, 2.24) is 0 Å². The molecule has 0 aliphatic carbocycles. The highest BCUT2D eigenvalue weighted by Crippen LogP contribution is 2.42. The fourth-order valence-corrected chi connectivity index (χ4v) is 4.02. The Bertz CT molecular complexity index is 537. The Hall–Kier alpha value is 0.390. The van der Waals surface area contributed by atoms with Gasteiger partial charge in [-0.3, -0.25) is 0 Å². The Morgan fingerprint density at radius 1 is 1.24 bits per heavy atom. The maximum absolute atomic E-state index is 13.7. The van der Waals surface area contributed by atoms with Gasteiger partial charge in [0.2, 0.25) is 0 Å². The third-order valence-corrected chi connectivity index (χ3v) is 6.21. The summed E-state index contributed by atoms with van der Waals surface area (Å²) in [5.74, 6) is -0.333. The van der Waals surface area contributed by atoms with Crippen molar-refractivity contribution in [3.05, 3.63) is 54.4 Å². The fraction of sp³-hybridized carbons (Fsp3) is 0.0909. The summed E-state index contributed by atoms with van der Waals surface area (Å²) >= 11 is 19.9. The van der Waals surface area contributed by atoms with Gasteiger partial charge in [0.25, 0.3) is 0 Å². The first kappa shape index (κ1) is 13.8. The van der Waals surface area contributed by atoms with Crippen LogP contribution in [0.1, 0.15) is 15.3 Å². The van der Waals surface area contributed by atoms with Crippen LogP contribution in [0.3, 0.4) is 0 Å². The minimum Gasteiger partial charge on any atom is -0.207 e. The third-order valence-electron chi connectivity index (χ3n) is 2.15. The second kappa shape index (κ2) is 5.57. The highest BCUT2D eigenvalue weighted by atomic mass is 79.9. The number of thiophene rings is 1. The van der Waals surface area contributed by atoms with Crippen LogP contribution in [-0.4, -0.2) is 0 Å². The highest BCUT2D eigenvalue weighted by molar-refractivity contribution is 9.10. The van der Waals surface area contributed by atoms with Gasteiger partial charge in [-0.15, -0.1) is 11.3 Å². The Morgan fingerprint density at radius 2 is 1.94 bits per heavy atom. The molecule has 90 valence electrons. The van der Waals surface area contributed by atoms with Gasteiger partial charge in [0.05, 0.1) is 4.83 Å². The maximum Gasteiger partial charge on any atom is 0.129 e. The van der Waals surface area contributed by atoms with Gasteiger partial charge in [0.1, 0.15) is 10.2 Å². The summed E-state index contributed by atoms with van der Waals surface area (Å²) in [7, 11) is 0. The number of alkyl halides is 1. The van der Waals surface area contributed by atoms with Crippen LogP contribution < -0.4 is 0 Å². The van der Waals surface area contributed by atoms with Crippen molar-refractivity contribution in [3.63, 3.8) is 0 Å². The summed E-state index contributed by atoms with van der Waals surface area (Å²) < 4.78 is 15.2. The van der Waals surface area contributed by atoms with Gasteiger partial charge in [-0.25, -0.2) is 4.39 Å². The van der Waals surface area contributed by atoms with E-state index in [9.17, 15) is 4.39 Å². The molecule has 17 heavy (non-hydrogen) atoms. The summed E-state index contributed by atoms with van der Waals surface area (Å²) in [5.41, 5.74) is 0.541. The van der Waals surface area contributed by atoms with Crippen LogP contribution in [0.4, 0.5) is 4.39 Å². The van der Waals surface area contributed by atoms with Crippen molar-refractivity contribution in [2.45, 2.75) is 4.83 Å². The molecule has 0 radical (unpaired) electrons. The van der Waals surface area contributed by atoms with E-state index in [1.807, 2.05) is 6.07 Å². The molecule has 6 heteroatoms. The van der Waals surface area contributed by atoms with E-state index in [2.05, 4.69) is 31.9 Å². The van der Waals surface area contributed by atoms with Gasteiger partial charge in [-0.05, 0) is 34.1 Å². The first-order valence-electron chi connectivity index (χ1n) is 4.53. The van der Waals surface area contributed by atoms with Gasteiger partial charge < -0.3 is 0 Å². The predicted molar refractivity (Wildman–Crippen MR) is 79.2 cm³/mol. The minimum absolute atomic E-state index is 0.228. The molecule has 0 nitrogen and oxygen atoms in total. The second-order valence-corrected chi connectivity index (χ2v) is 7.19. The van der Waals surface area contributed by atoms with Gasteiger partial charge in [-0.2, -0.15) is 0 Å². The summed E-state index contributed by atoms with van der Waals surface area (Å²) in [4.78, 5) is 0.705. The molecule has 0 spiro atoms.